The van der Waals surface area contributed by atoms with Gasteiger partial charge in [-0.15, -0.1) is 0 Å². The van der Waals surface area contributed by atoms with Gasteiger partial charge < -0.3 is 0 Å². The molecular weight excluding hydrogens is 402 g/mol. The summed E-state index contributed by atoms with van der Waals surface area (Å²) in [6, 6.07) is 12.2. The molecule has 0 saturated heterocycles. The third kappa shape index (κ3) is 3.55. The number of rotatable bonds is 6. The molecule has 152 valence electrons. The van der Waals surface area contributed by atoms with Crippen molar-refractivity contribution >= 4 is 27.1 Å². The summed E-state index contributed by atoms with van der Waals surface area (Å²) in [5.41, 5.74) is 3.32. The quantitative estimate of drug-likeness (QED) is 0.444. The minimum absolute atomic E-state index is 0.194. The third-order valence-corrected chi connectivity index (χ3v) is 5.98. The second-order valence-corrected chi connectivity index (χ2v) is 8.57. The first kappa shape index (κ1) is 19.7. The number of pyridine rings is 1. The Hall–Kier alpha value is -3.59. The molecule has 0 spiro atoms. The fourth-order valence-electron chi connectivity index (χ4n) is 3.36. The Kier molecular flexibility index (Phi) is 5.04. The molecule has 3 aromatic heterocycles. The van der Waals surface area contributed by atoms with Crippen molar-refractivity contribution < 1.29 is 13.2 Å². The Morgan fingerprint density at radius 3 is 2.57 bits per heavy atom. The molecule has 9 heteroatoms. The summed E-state index contributed by atoms with van der Waals surface area (Å²) in [5, 5.41) is 4.37. The SMILES string of the molecule is CCN(c1cccc(-c2ccnc3c(C(=O)c4ccncc4)cnn23)c1)S(C)(=O)=O. The summed E-state index contributed by atoms with van der Waals surface area (Å²) in [7, 11) is -3.40. The van der Waals surface area contributed by atoms with Gasteiger partial charge in [-0.2, -0.15) is 5.10 Å². The van der Waals surface area contributed by atoms with Gasteiger partial charge in [0.25, 0.3) is 0 Å². The summed E-state index contributed by atoms with van der Waals surface area (Å²) in [6.07, 6.45) is 7.40. The van der Waals surface area contributed by atoms with Crippen molar-refractivity contribution in [3.8, 4) is 11.3 Å². The zero-order valence-electron chi connectivity index (χ0n) is 16.4. The molecule has 30 heavy (non-hydrogen) atoms. The van der Waals surface area contributed by atoms with Crippen molar-refractivity contribution in [3.05, 3.63) is 78.4 Å². The molecule has 0 aliphatic rings. The number of aromatic nitrogens is 4. The Bertz CT molecular complexity index is 1330. The fourth-order valence-corrected chi connectivity index (χ4v) is 4.32. The summed E-state index contributed by atoms with van der Waals surface area (Å²) >= 11 is 0. The van der Waals surface area contributed by atoms with E-state index >= 15 is 0 Å². The van der Waals surface area contributed by atoms with Crippen molar-refractivity contribution in [2.45, 2.75) is 6.92 Å². The molecule has 0 bridgehead atoms. The maximum atomic E-state index is 12.9. The standard InChI is InChI=1S/C21H19N5O3S/c1-3-25(30(2,28)29)17-6-4-5-16(13-17)19-9-12-23-21-18(14-24-26(19)21)20(27)15-7-10-22-11-8-15/h4-14H,3H2,1-2H3. The van der Waals surface area contributed by atoms with Crippen LogP contribution in [0.15, 0.2) is 67.3 Å². The molecule has 0 saturated carbocycles. The topological polar surface area (TPSA) is 97.5 Å². The Labute approximate surface area is 173 Å². The van der Waals surface area contributed by atoms with Crippen molar-refractivity contribution in [3.63, 3.8) is 0 Å². The van der Waals surface area contributed by atoms with Gasteiger partial charge in [0.15, 0.2) is 11.4 Å². The number of benzene rings is 1. The number of carbonyl (C=O) groups excluding carboxylic acids is 1. The number of anilines is 1. The van der Waals surface area contributed by atoms with Crippen LogP contribution in [0, 0.1) is 0 Å². The van der Waals surface area contributed by atoms with Crippen LogP contribution in [0.3, 0.4) is 0 Å². The largest absolute Gasteiger partial charge is 0.288 e. The van der Waals surface area contributed by atoms with E-state index in [2.05, 4.69) is 15.1 Å². The van der Waals surface area contributed by atoms with E-state index in [0.29, 0.717) is 34.7 Å². The summed E-state index contributed by atoms with van der Waals surface area (Å²) in [6.45, 7) is 2.10. The van der Waals surface area contributed by atoms with Gasteiger partial charge in [-0.1, -0.05) is 12.1 Å². The van der Waals surface area contributed by atoms with Gasteiger partial charge in [-0.05, 0) is 37.3 Å². The molecule has 1 aromatic carbocycles. The van der Waals surface area contributed by atoms with Crippen LogP contribution in [0.2, 0.25) is 0 Å². The van der Waals surface area contributed by atoms with Gasteiger partial charge in [0.05, 0.1) is 29.4 Å². The average Bonchev–Trinajstić information content (AvgIpc) is 3.18. The molecule has 0 N–H and O–H groups in total. The lowest BCUT2D eigenvalue weighted by atomic mass is 10.1. The first-order chi connectivity index (χ1) is 14.4. The van der Waals surface area contributed by atoms with E-state index < -0.39 is 10.0 Å². The van der Waals surface area contributed by atoms with Gasteiger partial charge >= 0.3 is 0 Å². The fraction of sp³-hybridized carbons (Fsp3) is 0.143. The molecule has 0 radical (unpaired) electrons. The van der Waals surface area contributed by atoms with Gasteiger partial charge in [-0.3, -0.25) is 14.1 Å². The first-order valence-corrected chi connectivity index (χ1v) is 11.1. The normalized spacial score (nSPS) is 11.5. The number of fused-ring (bicyclic) bond motifs is 1. The molecule has 0 amide bonds. The van der Waals surface area contributed by atoms with Crippen molar-refractivity contribution in [1.29, 1.82) is 0 Å². The smallest absolute Gasteiger partial charge is 0.232 e. The maximum absolute atomic E-state index is 12.9. The van der Waals surface area contributed by atoms with Crippen LogP contribution in [0.5, 0.6) is 0 Å². The number of sulfonamides is 1. The molecule has 0 unspecified atom stereocenters. The predicted molar refractivity (Wildman–Crippen MR) is 114 cm³/mol. The predicted octanol–water partition coefficient (Wildman–Crippen LogP) is 2.81. The Morgan fingerprint density at radius 1 is 1.10 bits per heavy atom. The van der Waals surface area contributed by atoms with E-state index in [1.54, 1.807) is 66.4 Å². The van der Waals surface area contributed by atoms with Crippen LogP contribution in [0.4, 0.5) is 5.69 Å². The van der Waals surface area contributed by atoms with Gasteiger partial charge in [0.1, 0.15) is 0 Å². The first-order valence-electron chi connectivity index (χ1n) is 9.25. The van der Waals surface area contributed by atoms with Gasteiger partial charge in [0, 0.05) is 36.3 Å². The lowest BCUT2D eigenvalue weighted by molar-refractivity contribution is 0.104. The highest BCUT2D eigenvalue weighted by Gasteiger charge is 2.19. The molecule has 0 fully saturated rings. The third-order valence-electron chi connectivity index (χ3n) is 4.71. The molecule has 0 atom stereocenters. The van der Waals surface area contributed by atoms with E-state index in [4.69, 9.17) is 0 Å². The molecular formula is C21H19N5O3S. The Morgan fingerprint density at radius 2 is 1.87 bits per heavy atom. The second-order valence-electron chi connectivity index (χ2n) is 6.67. The van der Waals surface area contributed by atoms with Crippen LogP contribution >= 0.6 is 0 Å². The number of hydrogen-bond donors (Lipinski definition) is 0. The molecule has 3 heterocycles. The highest BCUT2D eigenvalue weighted by atomic mass is 32.2. The van der Waals surface area contributed by atoms with Crippen molar-refractivity contribution in [2.75, 3.05) is 17.1 Å². The maximum Gasteiger partial charge on any atom is 0.232 e. The van der Waals surface area contributed by atoms with Crippen LogP contribution in [-0.4, -0.2) is 46.6 Å². The van der Waals surface area contributed by atoms with E-state index in [0.717, 1.165) is 5.56 Å². The summed E-state index contributed by atoms with van der Waals surface area (Å²) < 4.78 is 27.1. The minimum Gasteiger partial charge on any atom is -0.288 e. The highest BCUT2D eigenvalue weighted by molar-refractivity contribution is 7.92. The average molecular weight is 421 g/mol. The lowest BCUT2D eigenvalue weighted by Crippen LogP contribution is -2.29. The zero-order valence-corrected chi connectivity index (χ0v) is 17.2. The van der Waals surface area contributed by atoms with Crippen LogP contribution in [-0.2, 0) is 10.0 Å². The number of carbonyl (C=O) groups is 1. The van der Waals surface area contributed by atoms with E-state index in [9.17, 15) is 13.2 Å². The van der Waals surface area contributed by atoms with E-state index in [1.165, 1.54) is 16.8 Å². The lowest BCUT2D eigenvalue weighted by Gasteiger charge is -2.21. The summed E-state index contributed by atoms with van der Waals surface area (Å²) in [4.78, 5) is 21.1. The van der Waals surface area contributed by atoms with Crippen molar-refractivity contribution in [2.24, 2.45) is 0 Å². The van der Waals surface area contributed by atoms with E-state index in [-0.39, 0.29) is 5.78 Å². The highest BCUT2D eigenvalue weighted by Crippen LogP contribution is 2.27. The minimum atomic E-state index is -3.40. The van der Waals surface area contributed by atoms with Crippen molar-refractivity contribution in [1.82, 2.24) is 19.6 Å². The van der Waals surface area contributed by atoms with Crippen LogP contribution in [0.1, 0.15) is 22.8 Å². The van der Waals surface area contributed by atoms with Gasteiger partial charge in [-0.25, -0.2) is 17.9 Å². The van der Waals surface area contributed by atoms with Gasteiger partial charge in [0.2, 0.25) is 10.0 Å². The molecule has 0 aliphatic heterocycles. The number of ketones is 1. The molecule has 0 aliphatic carbocycles. The number of hydrogen-bond acceptors (Lipinski definition) is 6. The molecule has 4 aromatic rings. The van der Waals surface area contributed by atoms with Crippen LogP contribution < -0.4 is 4.31 Å². The van der Waals surface area contributed by atoms with E-state index in [1.807, 2.05) is 6.07 Å². The number of nitrogens with zero attached hydrogens (tertiary/aromatic N) is 5. The summed E-state index contributed by atoms with van der Waals surface area (Å²) in [5.74, 6) is -0.194. The van der Waals surface area contributed by atoms with Crippen LogP contribution in [0.25, 0.3) is 16.9 Å². The second kappa shape index (κ2) is 7.68. The molecule has 4 rings (SSSR count). The Balaban J connectivity index is 1.81. The zero-order chi connectivity index (χ0) is 21.3. The molecule has 8 nitrogen and oxygen atoms in total. The monoisotopic (exact) mass is 421 g/mol.